The molecule has 0 spiro atoms. The molecule has 0 saturated carbocycles. The van der Waals surface area contributed by atoms with Gasteiger partial charge in [-0.05, 0) is 31.6 Å². The van der Waals surface area contributed by atoms with Crippen LogP contribution in [0.4, 0.5) is 0 Å². The normalized spacial score (nSPS) is 12.9. The molecule has 2 nitrogen and oxygen atoms in total. The Bertz CT molecular complexity index is 137. The topological polar surface area (TPSA) is 29.5 Å². The van der Waals surface area contributed by atoms with E-state index < -0.39 is 0 Å². The van der Waals surface area contributed by atoms with E-state index in [2.05, 4.69) is 13.8 Å². The van der Waals surface area contributed by atoms with Crippen molar-refractivity contribution in [2.75, 3.05) is 19.8 Å². The molecular weight excluding hydrogens is 212 g/mol. The summed E-state index contributed by atoms with van der Waals surface area (Å²) in [6.07, 6.45) is 11.2. The van der Waals surface area contributed by atoms with Gasteiger partial charge in [-0.2, -0.15) is 0 Å². The van der Waals surface area contributed by atoms with E-state index in [-0.39, 0.29) is 0 Å². The molecule has 17 heavy (non-hydrogen) atoms. The highest BCUT2D eigenvalue weighted by molar-refractivity contribution is 4.58. The van der Waals surface area contributed by atoms with Crippen LogP contribution in [-0.2, 0) is 4.74 Å². The zero-order valence-corrected chi connectivity index (χ0v) is 11.9. The highest BCUT2D eigenvalue weighted by atomic mass is 16.5. The lowest BCUT2D eigenvalue weighted by molar-refractivity contribution is 0.0860. The smallest absolute Gasteiger partial charge is 0.0494 e. The number of aliphatic hydroxyl groups is 1. The second-order valence-corrected chi connectivity index (χ2v) is 5.01. The maximum absolute atomic E-state index is 8.67. The summed E-state index contributed by atoms with van der Waals surface area (Å²) in [6.45, 7) is 6.54. The number of ether oxygens (including phenoxy) is 1. The van der Waals surface area contributed by atoms with Gasteiger partial charge in [0.2, 0.25) is 0 Å². The number of aliphatic hydroxyl groups excluding tert-OH is 1. The summed E-state index contributed by atoms with van der Waals surface area (Å²) in [6, 6.07) is 0. The zero-order valence-electron chi connectivity index (χ0n) is 11.9. The Morgan fingerprint density at radius 1 is 0.882 bits per heavy atom. The summed E-state index contributed by atoms with van der Waals surface area (Å²) in [5.74, 6) is 0.756. The van der Waals surface area contributed by atoms with Crippen molar-refractivity contribution in [1.82, 2.24) is 0 Å². The van der Waals surface area contributed by atoms with E-state index in [4.69, 9.17) is 9.84 Å². The third-order valence-electron chi connectivity index (χ3n) is 3.21. The molecule has 0 radical (unpaired) electrons. The second-order valence-electron chi connectivity index (χ2n) is 5.01. The molecule has 1 N–H and O–H groups in total. The van der Waals surface area contributed by atoms with Crippen LogP contribution in [0.15, 0.2) is 0 Å². The van der Waals surface area contributed by atoms with E-state index in [0.717, 1.165) is 32.0 Å². The standard InChI is InChI=1S/C15H32O2/c1-3-5-6-7-11-15(10-4-2)14-17-13-9-8-12-16/h15-16H,3-14H2,1-2H3. The molecule has 0 aliphatic heterocycles. The van der Waals surface area contributed by atoms with E-state index in [0.29, 0.717) is 6.61 Å². The molecule has 1 unspecified atom stereocenters. The molecule has 0 amide bonds. The lowest BCUT2D eigenvalue weighted by atomic mass is 9.97. The zero-order chi connectivity index (χ0) is 12.8. The van der Waals surface area contributed by atoms with Crippen LogP contribution < -0.4 is 0 Å². The molecule has 104 valence electrons. The lowest BCUT2D eigenvalue weighted by Crippen LogP contribution is -2.10. The van der Waals surface area contributed by atoms with Crippen molar-refractivity contribution in [3.63, 3.8) is 0 Å². The fraction of sp³-hybridized carbons (Fsp3) is 1.00. The summed E-state index contributed by atoms with van der Waals surface area (Å²) in [7, 11) is 0. The maximum atomic E-state index is 8.67. The monoisotopic (exact) mass is 244 g/mol. The van der Waals surface area contributed by atoms with Crippen LogP contribution in [0.25, 0.3) is 0 Å². The summed E-state index contributed by atoms with van der Waals surface area (Å²) >= 11 is 0. The van der Waals surface area contributed by atoms with Crippen LogP contribution in [0.5, 0.6) is 0 Å². The van der Waals surface area contributed by atoms with Crippen LogP contribution in [-0.4, -0.2) is 24.9 Å². The number of hydrogen-bond acceptors (Lipinski definition) is 2. The van der Waals surface area contributed by atoms with Crippen LogP contribution in [0.3, 0.4) is 0 Å². The molecule has 1 atom stereocenters. The minimum absolute atomic E-state index is 0.290. The highest BCUT2D eigenvalue weighted by Crippen LogP contribution is 2.16. The fourth-order valence-electron chi connectivity index (χ4n) is 2.14. The Labute approximate surface area is 108 Å². The van der Waals surface area contributed by atoms with Crippen LogP contribution in [0.1, 0.15) is 71.6 Å². The molecule has 0 aliphatic carbocycles. The molecule has 0 aromatic heterocycles. The predicted octanol–water partition coefficient (Wildman–Crippen LogP) is 4.16. The summed E-state index contributed by atoms with van der Waals surface area (Å²) in [5.41, 5.74) is 0. The summed E-state index contributed by atoms with van der Waals surface area (Å²) < 4.78 is 5.70. The quantitative estimate of drug-likeness (QED) is 0.493. The number of rotatable bonds is 13. The van der Waals surface area contributed by atoms with Gasteiger partial charge in [0.05, 0.1) is 0 Å². The van der Waals surface area contributed by atoms with Gasteiger partial charge >= 0.3 is 0 Å². The molecule has 0 saturated heterocycles. The van der Waals surface area contributed by atoms with Crippen LogP contribution in [0, 0.1) is 5.92 Å². The SMILES string of the molecule is CCCCCCC(CCC)COCCCCO. The lowest BCUT2D eigenvalue weighted by Gasteiger charge is -2.16. The van der Waals surface area contributed by atoms with Gasteiger partial charge in [0.15, 0.2) is 0 Å². The Balaban J connectivity index is 3.45. The number of hydrogen-bond donors (Lipinski definition) is 1. The molecular formula is C15H32O2. The molecule has 2 heteroatoms. The third-order valence-corrected chi connectivity index (χ3v) is 3.21. The van der Waals surface area contributed by atoms with E-state index in [1.807, 2.05) is 0 Å². The van der Waals surface area contributed by atoms with Crippen molar-refractivity contribution in [3.05, 3.63) is 0 Å². The Morgan fingerprint density at radius 3 is 2.35 bits per heavy atom. The van der Waals surface area contributed by atoms with Gasteiger partial charge in [0.25, 0.3) is 0 Å². The first-order valence-corrected chi connectivity index (χ1v) is 7.53. The van der Waals surface area contributed by atoms with Crippen molar-refractivity contribution in [2.45, 2.75) is 71.6 Å². The van der Waals surface area contributed by atoms with Crippen molar-refractivity contribution in [2.24, 2.45) is 5.92 Å². The van der Waals surface area contributed by atoms with E-state index in [1.54, 1.807) is 0 Å². The summed E-state index contributed by atoms with van der Waals surface area (Å²) in [5, 5.41) is 8.67. The molecule has 0 bridgehead atoms. The fourth-order valence-corrected chi connectivity index (χ4v) is 2.14. The third kappa shape index (κ3) is 12.2. The average molecular weight is 244 g/mol. The van der Waals surface area contributed by atoms with Gasteiger partial charge in [-0.25, -0.2) is 0 Å². The molecule has 0 fully saturated rings. The summed E-state index contributed by atoms with van der Waals surface area (Å²) in [4.78, 5) is 0. The molecule has 0 aromatic carbocycles. The average Bonchev–Trinajstić information content (AvgIpc) is 2.34. The minimum atomic E-state index is 0.290. The first kappa shape index (κ1) is 16.9. The van der Waals surface area contributed by atoms with Crippen molar-refractivity contribution < 1.29 is 9.84 Å². The highest BCUT2D eigenvalue weighted by Gasteiger charge is 2.07. The van der Waals surface area contributed by atoms with Crippen LogP contribution in [0.2, 0.25) is 0 Å². The van der Waals surface area contributed by atoms with Gasteiger partial charge in [-0.15, -0.1) is 0 Å². The Hall–Kier alpha value is -0.0800. The first-order valence-electron chi connectivity index (χ1n) is 7.53. The Kier molecular flexibility index (Phi) is 13.9. The maximum Gasteiger partial charge on any atom is 0.0494 e. The van der Waals surface area contributed by atoms with Gasteiger partial charge in [-0.1, -0.05) is 46.0 Å². The largest absolute Gasteiger partial charge is 0.396 e. The van der Waals surface area contributed by atoms with E-state index in [9.17, 15) is 0 Å². The minimum Gasteiger partial charge on any atom is -0.396 e. The van der Waals surface area contributed by atoms with Gasteiger partial charge in [0, 0.05) is 19.8 Å². The van der Waals surface area contributed by atoms with E-state index >= 15 is 0 Å². The first-order chi connectivity index (χ1) is 8.35. The second kappa shape index (κ2) is 14.0. The van der Waals surface area contributed by atoms with Crippen molar-refractivity contribution in [1.29, 1.82) is 0 Å². The number of unbranched alkanes of at least 4 members (excludes halogenated alkanes) is 4. The van der Waals surface area contributed by atoms with Crippen molar-refractivity contribution >= 4 is 0 Å². The molecule has 0 rings (SSSR count). The molecule has 0 aliphatic rings. The van der Waals surface area contributed by atoms with Crippen molar-refractivity contribution in [3.8, 4) is 0 Å². The molecule has 0 heterocycles. The predicted molar refractivity (Wildman–Crippen MR) is 74.3 cm³/mol. The van der Waals surface area contributed by atoms with Crippen LogP contribution >= 0.6 is 0 Å². The van der Waals surface area contributed by atoms with Gasteiger partial charge in [-0.3, -0.25) is 0 Å². The van der Waals surface area contributed by atoms with E-state index in [1.165, 1.54) is 44.9 Å². The van der Waals surface area contributed by atoms with Gasteiger partial charge in [0.1, 0.15) is 0 Å². The van der Waals surface area contributed by atoms with Gasteiger partial charge < -0.3 is 9.84 Å². The Morgan fingerprint density at radius 2 is 1.71 bits per heavy atom. The molecule has 0 aromatic rings.